The number of nitrogens with one attached hydrogen (secondary N) is 2. The zero-order chi connectivity index (χ0) is 17.6. The highest BCUT2D eigenvalue weighted by molar-refractivity contribution is 7.08. The maximum absolute atomic E-state index is 13.8. The van der Waals surface area contributed by atoms with Gasteiger partial charge in [-0.3, -0.25) is 5.32 Å². The molecule has 0 saturated heterocycles. The van der Waals surface area contributed by atoms with Crippen molar-refractivity contribution in [2.24, 2.45) is 0 Å². The van der Waals surface area contributed by atoms with E-state index in [-0.39, 0.29) is 24.3 Å². The number of urea groups is 1. The van der Waals surface area contributed by atoms with E-state index >= 15 is 0 Å². The lowest BCUT2D eigenvalue weighted by molar-refractivity contribution is 0.261. The number of rotatable bonds is 5. The zero-order valence-corrected chi connectivity index (χ0v) is 13.5. The van der Waals surface area contributed by atoms with Gasteiger partial charge in [-0.1, -0.05) is 12.1 Å². The van der Waals surface area contributed by atoms with Crippen LogP contribution in [0.2, 0.25) is 0 Å². The van der Waals surface area contributed by atoms with Gasteiger partial charge in [-0.05, 0) is 29.1 Å². The van der Waals surface area contributed by atoms with Gasteiger partial charge in [0, 0.05) is 5.38 Å². The molecule has 0 spiro atoms. The van der Waals surface area contributed by atoms with Crippen molar-refractivity contribution in [3.05, 3.63) is 64.5 Å². The average Bonchev–Trinajstić information content (AvgIpc) is 3.10. The molecule has 3 rings (SSSR count). The number of thiophene rings is 1. The Bertz CT molecular complexity index is 857. The molecule has 0 aliphatic rings. The van der Waals surface area contributed by atoms with Crippen LogP contribution < -0.4 is 15.4 Å². The lowest BCUT2D eigenvalue weighted by Gasteiger charge is -2.09. The van der Waals surface area contributed by atoms with Crippen LogP contribution in [0.15, 0.2) is 47.3 Å². The minimum atomic E-state index is -0.797. The highest BCUT2D eigenvalue weighted by Gasteiger charge is 2.12. The first kappa shape index (κ1) is 16.8. The van der Waals surface area contributed by atoms with Crippen molar-refractivity contribution in [1.82, 2.24) is 9.97 Å². The number of anilines is 2. The van der Waals surface area contributed by atoms with Crippen molar-refractivity contribution in [2.45, 2.75) is 6.61 Å². The molecule has 1 aromatic carbocycles. The van der Waals surface area contributed by atoms with Gasteiger partial charge >= 0.3 is 12.0 Å². The molecular formula is C16H12F2N4O2S. The summed E-state index contributed by atoms with van der Waals surface area (Å²) in [5.41, 5.74) is 1.28. The Kier molecular flexibility index (Phi) is 5.14. The van der Waals surface area contributed by atoms with Crippen molar-refractivity contribution >= 4 is 28.9 Å². The van der Waals surface area contributed by atoms with Crippen LogP contribution in [0.5, 0.6) is 6.01 Å². The van der Waals surface area contributed by atoms with Crippen molar-refractivity contribution in [2.75, 3.05) is 10.6 Å². The van der Waals surface area contributed by atoms with Gasteiger partial charge in [-0.2, -0.15) is 16.3 Å². The monoisotopic (exact) mass is 362 g/mol. The number of hydrogen-bond donors (Lipinski definition) is 2. The van der Waals surface area contributed by atoms with E-state index in [4.69, 9.17) is 4.74 Å². The smallest absolute Gasteiger partial charge is 0.324 e. The minimum absolute atomic E-state index is 0.0758. The molecule has 9 heteroatoms. The third-order valence-electron chi connectivity index (χ3n) is 3.01. The SMILES string of the molecule is O=C(Nc1ccsc1)Nc1nc(OCc2ccc(F)cc2)ncc1F. The second-order valence-electron chi connectivity index (χ2n) is 4.86. The van der Waals surface area contributed by atoms with Gasteiger partial charge < -0.3 is 10.1 Å². The third-order valence-corrected chi connectivity index (χ3v) is 3.70. The Morgan fingerprint density at radius 3 is 2.68 bits per heavy atom. The van der Waals surface area contributed by atoms with Crippen molar-refractivity contribution in [3.8, 4) is 6.01 Å². The second-order valence-corrected chi connectivity index (χ2v) is 5.64. The second kappa shape index (κ2) is 7.67. The van der Waals surface area contributed by atoms with E-state index in [1.165, 1.54) is 23.5 Å². The third kappa shape index (κ3) is 4.70. The molecule has 0 atom stereocenters. The molecular weight excluding hydrogens is 350 g/mol. The van der Waals surface area contributed by atoms with Crippen LogP contribution in [0.25, 0.3) is 0 Å². The predicted molar refractivity (Wildman–Crippen MR) is 89.7 cm³/mol. The lowest BCUT2D eigenvalue weighted by Crippen LogP contribution is -2.21. The van der Waals surface area contributed by atoms with Gasteiger partial charge in [-0.15, -0.1) is 0 Å². The zero-order valence-electron chi connectivity index (χ0n) is 12.7. The molecule has 6 nitrogen and oxygen atoms in total. The summed E-state index contributed by atoms with van der Waals surface area (Å²) < 4.78 is 31.9. The van der Waals surface area contributed by atoms with Gasteiger partial charge in [0.25, 0.3) is 0 Å². The van der Waals surface area contributed by atoms with Crippen LogP contribution in [0.3, 0.4) is 0 Å². The fraction of sp³-hybridized carbons (Fsp3) is 0.0625. The fourth-order valence-corrected chi connectivity index (χ4v) is 2.43. The van der Waals surface area contributed by atoms with E-state index in [2.05, 4.69) is 20.6 Å². The molecule has 128 valence electrons. The van der Waals surface area contributed by atoms with Crippen molar-refractivity contribution in [1.29, 1.82) is 0 Å². The van der Waals surface area contributed by atoms with Crippen molar-refractivity contribution < 1.29 is 18.3 Å². The van der Waals surface area contributed by atoms with Crippen LogP contribution in [-0.4, -0.2) is 16.0 Å². The van der Waals surface area contributed by atoms with Crippen molar-refractivity contribution in [3.63, 3.8) is 0 Å². The summed E-state index contributed by atoms with van der Waals surface area (Å²) in [6, 6.07) is 6.64. The normalized spacial score (nSPS) is 10.3. The van der Waals surface area contributed by atoms with E-state index in [9.17, 15) is 13.6 Å². The Balaban J connectivity index is 1.63. The number of halogens is 2. The van der Waals surface area contributed by atoms with E-state index in [1.54, 1.807) is 29.0 Å². The first-order chi connectivity index (χ1) is 12.1. The number of nitrogens with zero attached hydrogens (tertiary/aromatic N) is 2. The molecule has 2 N–H and O–H groups in total. The van der Waals surface area contributed by atoms with Crippen LogP contribution >= 0.6 is 11.3 Å². The summed E-state index contributed by atoms with van der Waals surface area (Å²) in [7, 11) is 0. The van der Waals surface area contributed by atoms with Gasteiger partial charge in [0.1, 0.15) is 12.4 Å². The minimum Gasteiger partial charge on any atom is -0.459 e. The number of carbonyl (C=O) groups excluding carboxylic acids is 1. The highest BCUT2D eigenvalue weighted by Crippen LogP contribution is 2.16. The summed E-state index contributed by atoms with van der Waals surface area (Å²) in [6.07, 6.45) is 0.896. The first-order valence-electron chi connectivity index (χ1n) is 7.10. The molecule has 0 bridgehead atoms. The Hall–Kier alpha value is -3.07. The molecule has 3 aromatic rings. The lowest BCUT2D eigenvalue weighted by atomic mass is 10.2. The summed E-state index contributed by atoms with van der Waals surface area (Å²) in [6.45, 7) is 0.0758. The molecule has 0 aliphatic carbocycles. The highest BCUT2D eigenvalue weighted by atomic mass is 32.1. The summed E-state index contributed by atoms with van der Waals surface area (Å²) in [5, 5.41) is 8.35. The van der Waals surface area contributed by atoms with Crippen LogP contribution in [0.4, 0.5) is 25.1 Å². The summed E-state index contributed by atoms with van der Waals surface area (Å²) in [5.74, 6) is -1.46. The molecule has 0 radical (unpaired) electrons. The first-order valence-corrected chi connectivity index (χ1v) is 8.04. The topological polar surface area (TPSA) is 76.1 Å². The van der Waals surface area contributed by atoms with Crippen LogP contribution in [0, 0.1) is 11.6 Å². The van der Waals surface area contributed by atoms with Gasteiger partial charge in [0.05, 0.1) is 11.9 Å². The number of carbonyl (C=O) groups is 1. The van der Waals surface area contributed by atoms with E-state index in [1.807, 2.05) is 0 Å². The van der Waals surface area contributed by atoms with Gasteiger partial charge in [0.15, 0.2) is 11.6 Å². The van der Waals surface area contributed by atoms with Gasteiger partial charge in [0.2, 0.25) is 0 Å². The van der Waals surface area contributed by atoms with E-state index in [0.29, 0.717) is 11.3 Å². The number of aromatic nitrogens is 2. The predicted octanol–water partition coefficient (Wildman–Crippen LogP) is 4.04. The van der Waals surface area contributed by atoms with Crippen LogP contribution in [0.1, 0.15) is 5.56 Å². The Labute approximate surface area is 145 Å². The maximum Gasteiger partial charge on any atom is 0.324 e. The fourth-order valence-electron chi connectivity index (χ4n) is 1.84. The number of benzene rings is 1. The molecule has 2 amide bonds. The van der Waals surface area contributed by atoms with Gasteiger partial charge in [-0.25, -0.2) is 18.6 Å². The Morgan fingerprint density at radius 1 is 1.16 bits per heavy atom. The molecule has 0 aliphatic heterocycles. The number of amides is 2. The molecule has 0 saturated carbocycles. The average molecular weight is 362 g/mol. The van der Waals surface area contributed by atoms with E-state index < -0.39 is 11.8 Å². The molecule has 0 unspecified atom stereocenters. The summed E-state index contributed by atoms with van der Waals surface area (Å²) in [4.78, 5) is 19.4. The quantitative estimate of drug-likeness (QED) is 0.718. The molecule has 25 heavy (non-hydrogen) atoms. The van der Waals surface area contributed by atoms with Crippen LogP contribution in [-0.2, 0) is 6.61 Å². The molecule has 2 heterocycles. The largest absolute Gasteiger partial charge is 0.459 e. The molecule has 2 aromatic heterocycles. The standard InChI is InChI=1S/C16H12F2N4O2S/c17-11-3-1-10(2-4-11)8-24-16-19-7-13(18)14(22-16)21-15(23)20-12-5-6-25-9-12/h1-7,9H,8H2,(H2,19,20,21,22,23). The van der Waals surface area contributed by atoms with E-state index in [0.717, 1.165) is 6.20 Å². The number of ether oxygens (including phenoxy) is 1. The number of hydrogen-bond acceptors (Lipinski definition) is 5. The maximum atomic E-state index is 13.8. The molecule has 0 fully saturated rings. The Morgan fingerprint density at radius 2 is 1.96 bits per heavy atom. The summed E-state index contributed by atoms with van der Waals surface area (Å²) >= 11 is 1.41.